The zero-order valence-electron chi connectivity index (χ0n) is 11.4. The van der Waals surface area contributed by atoms with Crippen LogP contribution in [-0.2, 0) is 0 Å². The van der Waals surface area contributed by atoms with Crippen molar-refractivity contribution in [3.8, 4) is 0 Å². The quantitative estimate of drug-likeness (QED) is 0.920. The SMILES string of the molecule is NCCCN(C(=O)c1cccc(F)c1)c1ccccc1F. The van der Waals surface area contributed by atoms with Gasteiger partial charge in [0, 0.05) is 12.1 Å². The first-order valence-corrected chi connectivity index (χ1v) is 6.65. The molecular formula is C16H16F2N2O. The highest BCUT2D eigenvalue weighted by Gasteiger charge is 2.20. The maximum atomic E-state index is 13.9. The number of rotatable bonds is 5. The minimum absolute atomic E-state index is 0.167. The van der Waals surface area contributed by atoms with Crippen LogP contribution in [0.5, 0.6) is 0 Å². The number of nitrogens with two attached hydrogens (primary N) is 1. The van der Waals surface area contributed by atoms with Crippen LogP contribution in [0, 0.1) is 11.6 Å². The number of amides is 1. The highest BCUT2D eigenvalue weighted by Crippen LogP contribution is 2.21. The number of anilines is 1. The van der Waals surface area contributed by atoms with Gasteiger partial charge in [0.2, 0.25) is 0 Å². The lowest BCUT2D eigenvalue weighted by Crippen LogP contribution is -2.33. The van der Waals surface area contributed by atoms with Crippen LogP contribution in [-0.4, -0.2) is 19.0 Å². The molecule has 5 heteroatoms. The molecule has 0 fully saturated rings. The van der Waals surface area contributed by atoms with Crippen LogP contribution >= 0.6 is 0 Å². The van der Waals surface area contributed by atoms with Gasteiger partial charge in [-0.2, -0.15) is 0 Å². The number of para-hydroxylation sites is 1. The molecule has 0 aliphatic heterocycles. The number of halogens is 2. The molecule has 0 aliphatic carbocycles. The minimum Gasteiger partial charge on any atom is -0.330 e. The first-order chi connectivity index (χ1) is 10.1. The van der Waals surface area contributed by atoms with E-state index in [-0.39, 0.29) is 17.8 Å². The van der Waals surface area contributed by atoms with Crippen LogP contribution in [0.1, 0.15) is 16.8 Å². The van der Waals surface area contributed by atoms with Crippen LogP contribution in [0.4, 0.5) is 14.5 Å². The van der Waals surface area contributed by atoms with Gasteiger partial charge in [0.25, 0.3) is 5.91 Å². The standard InChI is InChI=1S/C16H16F2N2O/c17-13-6-3-5-12(11-13)16(21)20(10-4-9-19)15-8-2-1-7-14(15)18/h1-3,5-8,11H,4,9-10,19H2. The third-order valence-corrected chi connectivity index (χ3v) is 3.05. The molecule has 2 aromatic carbocycles. The van der Waals surface area contributed by atoms with Crippen molar-refractivity contribution < 1.29 is 13.6 Å². The van der Waals surface area contributed by atoms with Crippen molar-refractivity contribution in [3.05, 3.63) is 65.7 Å². The monoisotopic (exact) mass is 290 g/mol. The van der Waals surface area contributed by atoms with E-state index in [2.05, 4.69) is 0 Å². The van der Waals surface area contributed by atoms with Crippen LogP contribution in [0.25, 0.3) is 0 Å². The zero-order chi connectivity index (χ0) is 15.2. The molecule has 2 N–H and O–H groups in total. The Bertz CT molecular complexity index is 631. The molecule has 0 atom stereocenters. The average molecular weight is 290 g/mol. The van der Waals surface area contributed by atoms with E-state index in [0.717, 1.165) is 6.07 Å². The van der Waals surface area contributed by atoms with Gasteiger partial charge in [-0.25, -0.2) is 8.78 Å². The summed E-state index contributed by atoms with van der Waals surface area (Å²) in [6.07, 6.45) is 0.523. The molecule has 0 unspecified atom stereocenters. The second-order valence-corrected chi connectivity index (χ2v) is 4.56. The fourth-order valence-electron chi connectivity index (χ4n) is 2.03. The summed E-state index contributed by atoms with van der Waals surface area (Å²) in [5.74, 6) is -1.46. The second kappa shape index (κ2) is 6.95. The molecule has 0 saturated carbocycles. The van der Waals surface area contributed by atoms with Crippen molar-refractivity contribution in [1.29, 1.82) is 0 Å². The number of carbonyl (C=O) groups excluding carboxylic acids is 1. The molecule has 21 heavy (non-hydrogen) atoms. The molecule has 3 nitrogen and oxygen atoms in total. The first kappa shape index (κ1) is 15.1. The summed E-state index contributed by atoms with van der Waals surface area (Å²) in [6.45, 7) is 0.647. The van der Waals surface area contributed by atoms with Crippen molar-refractivity contribution in [1.82, 2.24) is 0 Å². The number of nitrogens with zero attached hydrogens (tertiary/aromatic N) is 1. The maximum Gasteiger partial charge on any atom is 0.258 e. The van der Waals surface area contributed by atoms with Gasteiger partial charge in [0.05, 0.1) is 5.69 Å². The van der Waals surface area contributed by atoms with Crippen molar-refractivity contribution in [2.24, 2.45) is 5.73 Å². The van der Waals surface area contributed by atoms with E-state index in [9.17, 15) is 13.6 Å². The first-order valence-electron chi connectivity index (χ1n) is 6.65. The third-order valence-electron chi connectivity index (χ3n) is 3.05. The van der Waals surface area contributed by atoms with Gasteiger partial charge in [-0.05, 0) is 43.3 Å². The molecule has 0 aliphatic rings. The fraction of sp³-hybridized carbons (Fsp3) is 0.188. The highest BCUT2D eigenvalue weighted by molar-refractivity contribution is 6.06. The number of hydrogen-bond donors (Lipinski definition) is 1. The molecule has 0 saturated heterocycles. The average Bonchev–Trinajstić information content (AvgIpc) is 2.49. The Morgan fingerprint density at radius 3 is 2.52 bits per heavy atom. The van der Waals surface area contributed by atoms with Gasteiger partial charge in [-0.1, -0.05) is 18.2 Å². The van der Waals surface area contributed by atoms with E-state index in [0.29, 0.717) is 13.0 Å². The summed E-state index contributed by atoms with van der Waals surface area (Å²) in [5.41, 5.74) is 5.81. The number of carbonyl (C=O) groups is 1. The topological polar surface area (TPSA) is 46.3 Å². The van der Waals surface area contributed by atoms with Gasteiger partial charge in [-0.15, -0.1) is 0 Å². The van der Waals surface area contributed by atoms with Crippen LogP contribution in [0.3, 0.4) is 0 Å². The number of benzene rings is 2. The fourth-order valence-corrected chi connectivity index (χ4v) is 2.03. The molecule has 2 aromatic rings. The normalized spacial score (nSPS) is 10.4. The van der Waals surface area contributed by atoms with Gasteiger partial charge in [0.1, 0.15) is 11.6 Å². The lowest BCUT2D eigenvalue weighted by Gasteiger charge is -2.23. The molecule has 110 valence electrons. The summed E-state index contributed by atoms with van der Waals surface area (Å²) in [7, 11) is 0. The van der Waals surface area contributed by atoms with Crippen molar-refractivity contribution in [2.75, 3.05) is 18.0 Å². The Hall–Kier alpha value is -2.27. The second-order valence-electron chi connectivity index (χ2n) is 4.56. The number of hydrogen-bond acceptors (Lipinski definition) is 2. The Morgan fingerprint density at radius 2 is 1.86 bits per heavy atom. The van der Waals surface area contributed by atoms with Crippen LogP contribution < -0.4 is 10.6 Å². The van der Waals surface area contributed by atoms with E-state index in [1.54, 1.807) is 12.1 Å². The van der Waals surface area contributed by atoms with Crippen LogP contribution in [0.15, 0.2) is 48.5 Å². The van der Waals surface area contributed by atoms with E-state index >= 15 is 0 Å². The van der Waals surface area contributed by atoms with Crippen LogP contribution in [0.2, 0.25) is 0 Å². The Balaban J connectivity index is 2.36. The highest BCUT2D eigenvalue weighted by atomic mass is 19.1. The van der Waals surface area contributed by atoms with E-state index in [1.165, 1.54) is 35.2 Å². The molecule has 0 aromatic heterocycles. The summed E-state index contributed by atoms with van der Waals surface area (Å²) in [5, 5.41) is 0. The predicted molar refractivity (Wildman–Crippen MR) is 78.1 cm³/mol. The van der Waals surface area contributed by atoms with Gasteiger partial charge in [0.15, 0.2) is 0 Å². The lowest BCUT2D eigenvalue weighted by atomic mass is 10.1. The zero-order valence-corrected chi connectivity index (χ0v) is 11.4. The Kier molecular flexibility index (Phi) is 5.00. The summed E-state index contributed by atoms with van der Waals surface area (Å²) in [6, 6.07) is 11.3. The van der Waals surface area contributed by atoms with E-state index in [4.69, 9.17) is 5.73 Å². The van der Waals surface area contributed by atoms with E-state index < -0.39 is 17.5 Å². The Labute approximate surface area is 122 Å². The largest absolute Gasteiger partial charge is 0.330 e. The molecule has 0 spiro atoms. The van der Waals surface area contributed by atoms with E-state index in [1.807, 2.05) is 0 Å². The minimum atomic E-state index is -0.506. The lowest BCUT2D eigenvalue weighted by molar-refractivity contribution is 0.0985. The smallest absolute Gasteiger partial charge is 0.258 e. The molecule has 0 bridgehead atoms. The molecule has 1 amide bonds. The maximum absolute atomic E-state index is 13.9. The Morgan fingerprint density at radius 1 is 1.10 bits per heavy atom. The predicted octanol–water partition coefficient (Wildman–Crippen LogP) is 2.96. The summed E-state index contributed by atoms with van der Waals surface area (Å²) < 4.78 is 27.2. The van der Waals surface area contributed by atoms with Gasteiger partial charge in [-0.3, -0.25) is 4.79 Å². The van der Waals surface area contributed by atoms with Gasteiger partial charge >= 0.3 is 0 Å². The van der Waals surface area contributed by atoms with Crippen molar-refractivity contribution >= 4 is 11.6 Å². The molecule has 0 radical (unpaired) electrons. The van der Waals surface area contributed by atoms with Gasteiger partial charge < -0.3 is 10.6 Å². The third kappa shape index (κ3) is 3.64. The molecule has 2 rings (SSSR count). The van der Waals surface area contributed by atoms with Crippen molar-refractivity contribution in [2.45, 2.75) is 6.42 Å². The summed E-state index contributed by atoms with van der Waals surface area (Å²) >= 11 is 0. The summed E-state index contributed by atoms with van der Waals surface area (Å²) in [4.78, 5) is 13.8. The van der Waals surface area contributed by atoms with Crippen molar-refractivity contribution in [3.63, 3.8) is 0 Å². The molecular weight excluding hydrogens is 274 g/mol. The molecule has 0 heterocycles.